The van der Waals surface area contributed by atoms with Crippen LogP contribution in [-0.2, 0) is 4.74 Å². The lowest BCUT2D eigenvalue weighted by Gasteiger charge is -2.11. The van der Waals surface area contributed by atoms with Crippen LogP contribution in [-0.4, -0.2) is 12.6 Å². The standard InChI is InChI=1S/C23H24F2O2/c1-3-8-18(16-21(22(24)25)19-9-6-5-7-10-19)15-17-11-13-20(14-12-17)23(26)27-4-2/h5-7,9-15H,3-4,8,16H2,1-2H3/b18-15+. The molecule has 0 saturated heterocycles. The zero-order valence-electron chi connectivity index (χ0n) is 15.7. The summed E-state index contributed by atoms with van der Waals surface area (Å²) in [5.41, 5.74) is 2.87. The van der Waals surface area contributed by atoms with Crippen LogP contribution in [0.5, 0.6) is 0 Å². The van der Waals surface area contributed by atoms with Gasteiger partial charge >= 0.3 is 5.97 Å². The maximum Gasteiger partial charge on any atom is 0.338 e. The molecule has 4 heteroatoms. The van der Waals surface area contributed by atoms with Crippen LogP contribution in [0.15, 0.2) is 66.3 Å². The summed E-state index contributed by atoms with van der Waals surface area (Å²) >= 11 is 0. The van der Waals surface area contributed by atoms with E-state index in [9.17, 15) is 13.6 Å². The molecule has 142 valence electrons. The highest BCUT2D eigenvalue weighted by atomic mass is 19.3. The molecule has 0 aliphatic heterocycles. The topological polar surface area (TPSA) is 26.3 Å². The van der Waals surface area contributed by atoms with Crippen molar-refractivity contribution >= 4 is 17.6 Å². The number of carbonyl (C=O) groups excluding carboxylic acids is 1. The van der Waals surface area contributed by atoms with Crippen LogP contribution >= 0.6 is 0 Å². The number of halogens is 2. The molecule has 2 aromatic carbocycles. The minimum absolute atomic E-state index is 0.0541. The lowest BCUT2D eigenvalue weighted by molar-refractivity contribution is 0.0526. The number of hydrogen-bond donors (Lipinski definition) is 0. The number of hydrogen-bond acceptors (Lipinski definition) is 2. The molecule has 0 radical (unpaired) electrons. The lowest BCUT2D eigenvalue weighted by atomic mass is 9.95. The first kappa shape index (κ1) is 20.6. The first-order chi connectivity index (χ1) is 13.0. The molecule has 0 heterocycles. The van der Waals surface area contributed by atoms with E-state index < -0.39 is 6.08 Å². The molecule has 0 fully saturated rings. The van der Waals surface area contributed by atoms with Gasteiger partial charge in [-0.15, -0.1) is 0 Å². The molecular weight excluding hydrogens is 346 g/mol. The molecule has 27 heavy (non-hydrogen) atoms. The number of ether oxygens (including phenoxy) is 1. The van der Waals surface area contributed by atoms with E-state index >= 15 is 0 Å². The molecule has 0 bridgehead atoms. The Labute approximate surface area is 159 Å². The number of carbonyl (C=O) groups is 1. The Kier molecular flexibility index (Phi) is 7.93. The molecule has 0 amide bonds. The number of rotatable bonds is 8. The fourth-order valence-electron chi connectivity index (χ4n) is 2.84. The van der Waals surface area contributed by atoms with Gasteiger partial charge in [0.15, 0.2) is 0 Å². The maximum atomic E-state index is 13.5. The van der Waals surface area contributed by atoms with Crippen molar-refractivity contribution in [3.05, 3.63) is 82.9 Å². The third-order valence-corrected chi connectivity index (χ3v) is 4.12. The third kappa shape index (κ3) is 6.17. The maximum absolute atomic E-state index is 13.5. The van der Waals surface area contributed by atoms with Gasteiger partial charge in [-0.2, -0.15) is 8.78 Å². The van der Waals surface area contributed by atoms with Crippen molar-refractivity contribution in [2.75, 3.05) is 6.61 Å². The van der Waals surface area contributed by atoms with Crippen molar-refractivity contribution in [1.29, 1.82) is 0 Å². The van der Waals surface area contributed by atoms with Crippen LogP contribution in [0.2, 0.25) is 0 Å². The predicted octanol–water partition coefficient (Wildman–Crippen LogP) is 6.74. The van der Waals surface area contributed by atoms with Crippen LogP contribution < -0.4 is 0 Å². The second kappa shape index (κ2) is 10.4. The summed E-state index contributed by atoms with van der Waals surface area (Å²) in [5, 5.41) is 0. The van der Waals surface area contributed by atoms with Gasteiger partial charge in [-0.1, -0.05) is 67.5 Å². The molecular formula is C23H24F2O2. The fraction of sp³-hybridized carbons (Fsp3) is 0.261. The summed E-state index contributed by atoms with van der Waals surface area (Å²) in [6, 6.07) is 15.7. The summed E-state index contributed by atoms with van der Waals surface area (Å²) in [7, 11) is 0. The Morgan fingerprint density at radius 2 is 1.63 bits per heavy atom. The molecule has 2 rings (SSSR count). The Bertz CT molecular complexity index is 802. The fourth-order valence-corrected chi connectivity index (χ4v) is 2.84. The molecule has 2 aromatic rings. The van der Waals surface area contributed by atoms with E-state index in [4.69, 9.17) is 4.74 Å². The third-order valence-electron chi connectivity index (χ3n) is 4.12. The van der Waals surface area contributed by atoms with Crippen molar-refractivity contribution in [1.82, 2.24) is 0 Å². The Balaban J connectivity index is 2.25. The molecule has 0 aliphatic rings. The Morgan fingerprint density at radius 1 is 0.963 bits per heavy atom. The van der Waals surface area contributed by atoms with E-state index in [-0.39, 0.29) is 18.0 Å². The molecule has 0 atom stereocenters. The minimum Gasteiger partial charge on any atom is -0.462 e. The van der Waals surface area contributed by atoms with Crippen LogP contribution in [0.3, 0.4) is 0 Å². The van der Waals surface area contributed by atoms with E-state index in [0.29, 0.717) is 17.7 Å². The molecule has 0 saturated carbocycles. The summed E-state index contributed by atoms with van der Waals surface area (Å²) < 4.78 is 32.1. The van der Waals surface area contributed by atoms with E-state index in [2.05, 4.69) is 0 Å². The molecule has 0 N–H and O–H groups in total. The van der Waals surface area contributed by atoms with E-state index in [0.717, 1.165) is 24.0 Å². The highest BCUT2D eigenvalue weighted by Gasteiger charge is 2.12. The van der Waals surface area contributed by atoms with E-state index in [1.807, 2.05) is 19.1 Å². The first-order valence-corrected chi connectivity index (χ1v) is 9.11. The molecule has 0 aromatic heterocycles. The van der Waals surface area contributed by atoms with E-state index in [1.54, 1.807) is 55.5 Å². The normalized spacial score (nSPS) is 11.2. The van der Waals surface area contributed by atoms with Gasteiger partial charge in [-0.3, -0.25) is 0 Å². The van der Waals surface area contributed by atoms with Crippen molar-refractivity contribution in [2.45, 2.75) is 33.1 Å². The highest BCUT2D eigenvalue weighted by Crippen LogP contribution is 2.30. The van der Waals surface area contributed by atoms with Crippen LogP contribution in [0.1, 0.15) is 54.6 Å². The first-order valence-electron chi connectivity index (χ1n) is 9.11. The van der Waals surface area contributed by atoms with E-state index in [1.165, 1.54) is 0 Å². The largest absolute Gasteiger partial charge is 0.462 e. The number of allylic oxidation sites excluding steroid dienone is 2. The summed E-state index contributed by atoms with van der Waals surface area (Å²) in [5.74, 6) is -0.365. The highest BCUT2D eigenvalue weighted by molar-refractivity contribution is 5.89. The molecule has 0 aliphatic carbocycles. The van der Waals surface area contributed by atoms with Crippen molar-refractivity contribution in [2.24, 2.45) is 0 Å². The summed E-state index contributed by atoms with van der Waals surface area (Å²) in [4.78, 5) is 11.7. The molecule has 0 spiro atoms. The average Bonchev–Trinajstić information content (AvgIpc) is 2.67. The molecule has 2 nitrogen and oxygen atoms in total. The SMILES string of the molecule is CCC/C(=C\c1ccc(C(=O)OCC)cc1)CC(=C(F)F)c1ccccc1. The van der Waals surface area contributed by atoms with Gasteiger partial charge in [0.05, 0.1) is 12.2 Å². The summed E-state index contributed by atoms with van der Waals surface area (Å²) in [6.45, 7) is 4.10. The molecule has 0 unspecified atom stereocenters. The second-order valence-corrected chi connectivity index (χ2v) is 6.18. The monoisotopic (exact) mass is 370 g/mol. The van der Waals surface area contributed by atoms with Gasteiger partial charge in [-0.05, 0) is 43.0 Å². The van der Waals surface area contributed by atoms with Gasteiger partial charge in [0.2, 0.25) is 0 Å². The number of esters is 1. The zero-order valence-corrected chi connectivity index (χ0v) is 15.7. The van der Waals surface area contributed by atoms with Crippen molar-refractivity contribution in [3.63, 3.8) is 0 Å². The van der Waals surface area contributed by atoms with Crippen molar-refractivity contribution in [3.8, 4) is 0 Å². The van der Waals surface area contributed by atoms with Gasteiger partial charge in [0.25, 0.3) is 6.08 Å². The second-order valence-electron chi connectivity index (χ2n) is 6.18. The van der Waals surface area contributed by atoms with Crippen LogP contribution in [0, 0.1) is 0 Å². The number of benzene rings is 2. The quantitative estimate of drug-likeness (QED) is 0.481. The Morgan fingerprint density at radius 3 is 2.19 bits per heavy atom. The van der Waals surface area contributed by atoms with Crippen LogP contribution in [0.4, 0.5) is 8.78 Å². The zero-order chi connectivity index (χ0) is 19.6. The lowest BCUT2D eigenvalue weighted by Crippen LogP contribution is -2.04. The van der Waals surface area contributed by atoms with Crippen molar-refractivity contribution < 1.29 is 18.3 Å². The smallest absolute Gasteiger partial charge is 0.338 e. The predicted molar refractivity (Wildman–Crippen MR) is 105 cm³/mol. The average molecular weight is 370 g/mol. The summed E-state index contributed by atoms with van der Waals surface area (Å²) in [6.07, 6.45) is 2.05. The van der Waals surface area contributed by atoms with Gasteiger partial charge in [0, 0.05) is 5.57 Å². The van der Waals surface area contributed by atoms with Gasteiger partial charge in [0.1, 0.15) is 0 Å². The van der Waals surface area contributed by atoms with Gasteiger partial charge < -0.3 is 4.74 Å². The van der Waals surface area contributed by atoms with Gasteiger partial charge in [-0.25, -0.2) is 4.79 Å². The van der Waals surface area contributed by atoms with Crippen LogP contribution in [0.25, 0.3) is 11.6 Å². The Hall–Kier alpha value is -2.75. The minimum atomic E-state index is -1.65.